The van der Waals surface area contributed by atoms with Crippen LogP contribution in [0.2, 0.25) is 0 Å². The van der Waals surface area contributed by atoms with Crippen LogP contribution in [0.25, 0.3) is 0 Å². The molecule has 1 heterocycles. The number of carbonyl (C=O) groups excluding carboxylic acids is 2. The lowest BCUT2D eigenvalue weighted by Crippen LogP contribution is -2.26. The number of nitrogens with zero attached hydrogens (tertiary/aromatic N) is 1. The molecule has 0 atom stereocenters. The quantitative estimate of drug-likeness (QED) is 0.850. The average molecular weight is 389 g/mol. The third-order valence-electron chi connectivity index (χ3n) is 3.71. The van der Waals surface area contributed by atoms with Crippen LogP contribution in [0.1, 0.15) is 12.8 Å². The molecule has 1 aliphatic heterocycles. The molecule has 0 unspecified atom stereocenters. The zero-order chi connectivity index (χ0) is 16.9. The van der Waals surface area contributed by atoms with Crippen LogP contribution in [0.4, 0.5) is 11.4 Å². The van der Waals surface area contributed by atoms with E-state index in [1.54, 1.807) is 23.1 Å². The highest BCUT2D eigenvalue weighted by molar-refractivity contribution is 9.10. The fourth-order valence-electron chi connectivity index (χ4n) is 2.61. The monoisotopic (exact) mass is 388 g/mol. The molecule has 0 aromatic heterocycles. The molecule has 1 N–H and O–H groups in total. The summed E-state index contributed by atoms with van der Waals surface area (Å²) in [7, 11) is 0. The predicted molar refractivity (Wildman–Crippen MR) is 96.3 cm³/mol. The summed E-state index contributed by atoms with van der Waals surface area (Å²) in [6.07, 6.45) is 1.39. The summed E-state index contributed by atoms with van der Waals surface area (Å²) in [5.41, 5.74) is 1.35. The summed E-state index contributed by atoms with van der Waals surface area (Å²) in [5, 5.41) is 2.82. The van der Waals surface area contributed by atoms with Gasteiger partial charge in [-0.2, -0.15) is 0 Å². The van der Waals surface area contributed by atoms with Crippen molar-refractivity contribution < 1.29 is 14.3 Å². The van der Waals surface area contributed by atoms with E-state index in [0.29, 0.717) is 24.4 Å². The lowest BCUT2D eigenvalue weighted by atomic mass is 10.2. The van der Waals surface area contributed by atoms with Crippen molar-refractivity contribution in [1.82, 2.24) is 0 Å². The topological polar surface area (TPSA) is 58.6 Å². The molecule has 3 rings (SSSR count). The predicted octanol–water partition coefficient (Wildman–Crippen LogP) is 3.59. The normalized spacial score (nSPS) is 13.9. The van der Waals surface area contributed by atoms with E-state index in [9.17, 15) is 9.59 Å². The van der Waals surface area contributed by atoms with Crippen molar-refractivity contribution in [3.8, 4) is 5.75 Å². The molecule has 0 spiro atoms. The van der Waals surface area contributed by atoms with Crippen molar-refractivity contribution in [3.63, 3.8) is 0 Å². The molecule has 0 radical (unpaired) electrons. The zero-order valence-corrected chi connectivity index (χ0v) is 14.6. The highest BCUT2D eigenvalue weighted by atomic mass is 79.9. The third kappa shape index (κ3) is 3.94. The Labute approximate surface area is 148 Å². The van der Waals surface area contributed by atoms with Gasteiger partial charge in [0.25, 0.3) is 5.91 Å². The van der Waals surface area contributed by atoms with Gasteiger partial charge in [-0.05, 0) is 36.8 Å². The minimum Gasteiger partial charge on any atom is -0.484 e. The van der Waals surface area contributed by atoms with Crippen LogP contribution in [0.15, 0.2) is 53.0 Å². The molecular weight excluding hydrogens is 372 g/mol. The minimum absolute atomic E-state index is 0.0853. The number of anilines is 2. The third-order valence-corrected chi connectivity index (χ3v) is 4.20. The van der Waals surface area contributed by atoms with Crippen LogP contribution in [0, 0.1) is 0 Å². The summed E-state index contributed by atoms with van der Waals surface area (Å²) >= 11 is 3.36. The van der Waals surface area contributed by atoms with Gasteiger partial charge in [-0.1, -0.05) is 34.1 Å². The van der Waals surface area contributed by atoms with Gasteiger partial charge in [-0.3, -0.25) is 9.59 Å². The Balaban J connectivity index is 1.65. The van der Waals surface area contributed by atoms with E-state index in [-0.39, 0.29) is 18.4 Å². The van der Waals surface area contributed by atoms with Gasteiger partial charge in [0.05, 0.1) is 11.4 Å². The van der Waals surface area contributed by atoms with Crippen molar-refractivity contribution in [2.24, 2.45) is 0 Å². The number of para-hydroxylation sites is 2. The number of amides is 2. The summed E-state index contributed by atoms with van der Waals surface area (Å²) in [6, 6.07) is 14.6. The standard InChI is InChI=1S/C18H17BrN2O3/c19-13-5-3-6-14(11-13)24-12-17(22)20-15-7-1-2-8-16(15)21-10-4-9-18(21)23/h1-3,5-8,11H,4,9-10,12H2,(H,20,22). The number of ether oxygens (including phenoxy) is 1. The van der Waals surface area contributed by atoms with Crippen LogP contribution in [0.5, 0.6) is 5.75 Å². The van der Waals surface area contributed by atoms with Gasteiger partial charge < -0.3 is 15.0 Å². The summed E-state index contributed by atoms with van der Waals surface area (Å²) in [5.74, 6) is 0.429. The number of rotatable bonds is 5. The largest absolute Gasteiger partial charge is 0.484 e. The maximum Gasteiger partial charge on any atom is 0.262 e. The van der Waals surface area contributed by atoms with Gasteiger partial charge in [-0.15, -0.1) is 0 Å². The SMILES string of the molecule is O=C(COc1cccc(Br)c1)Nc1ccccc1N1CCCC1=O. The molecule has 0 bridgehead atoms. The lowest BCUT2D eigenvalue weighted by Gasteiger charge is -2.20. The number of hydrogen-bond donors (Lipinski definition) is 1. The molecule has 1 aliphatic rings. The maximum atomic E-state index is 12.2. The molecule has 0 aliphatic carbocycles. The van der Waals surface area contributed by atoms with Gasteiger partial charge in [-0.25, -0.2) is 0 Å². The van der Waals surface area contributed by atoms with Crippen LogP contribution >= 0.6 is 15.9 Å². The molecule has 2 amide bonds. The van der Waals surface area contributed by atoms with E-state index in [1.807, 2.05) is 30.3 Å². The van der Waals surface area contributed by atoms with E-state index in [1.165, 1.54) is 0 Å². The van der Waals surface area contributed by atoms with E-state index in [2.05, 4.69) is 21.2 Å². The molecule has 2 aromatic rings. The smallest absolute Gasteiger partial charge is 0.262 e. The van der Waals surface area contributed by atoms with Crippen LogP contribution in [-0.4, -0.2) is 25.0 Å². The van der Waals surface area contributed by atoms with Crippen LogP contribution in [0.3, 0.4) is 0 Å². The molecule has 0 saturated carbocycles. The second kappa shape index (κ2) is 7.49. The first-order valence-corrected chi connectivity index (χ1v) is 8.50. The second-order valence-corrected chi connectivity index (χ2v) is 6.38. The highest BCUT2D eigenvalue weighted by Gasteiger charge is 2.24. The Bertz CT molecular complexity index is 763. The Morgan fingerprint density at radius 1 is 1.21 bits per heavy atom. The molecule has 2 aromatic carbocycles. The van der Waals surface area contributed by atoms with E-state index >= 15 is 0 Å². The number of benzene rings is 2. The average Bonchev–Trinajstić information content (AvgIpc) is 2.99. The molecule has 24 heavy (non-hydrogen) atoms. The Kier molecular flexibility index (Phi) is 5.15. The molecule has 6 heteroatoms. The molecular formula is C18H17BrN2O3. The van der Waals surface area contributed by atoms with Gasteiger partial charge in [0.2, 0.25) is 5.91 Å². The number of hydrogen-bond acceptors (Lipinski definition) is 3. The van der Waals surface area contributed by atoms with E-state index in [4.69, 9.17) is 4.74 Å². The number of halogens is 1. The molecule has 1 saturated heterocycles. The highest BCUT2D eigenvalue weighted by Crippen LogP contribution is 2.29. The fraction of sp³-hybridized carbons (Fsp3) is 0.222. The number of carbonyl (C=O) groups is 2. The summed E-state index contributed by atoms with van der Waals surface area (Å²) in [4.78, 5) is 25.8. The van der Waals surface area contributed by atoms with Gasteiger partial charge in [0.15, 0.2) is 6.61 Å². The lowest BCUT2D eigenvalue weighted by molar-refractivity contribution is -0.118. The first kappa shape index (κ1) is 16.5. The Hall–Kier alpha value is -2.34. The van der Waals surface area contributed by atoms with E-state index < -0.39 is 0 Å². The molecule has 5 nitrogen and oxygen atoms in total. The number of nitrogens with one attached hydrogen (secondary N) is 1. The van der Waals surface area contributed by atoms with Crippen molar-refractivity contribution in [2.75, 3.05) is 23.4 Å². The van der Waals surface area contributed by atoms with Gasteiger partial charge >= 0.3 is 0 Å². The van der Waals surface area contributed by atoms with Crippen molar-refractivity contribution in [1.29, 1.82) is 0 Å². The first-order chi connectivity index (χ1) is 11.6. The minimum atomic E-state index is -0.269. The summed E-state index contributed by atoms with van der Waals surface area (Å²) in [6.45, 7) is 0.582. The van der Waals surface area contributed by atoms with Crippen molar-refractivity contribution in [2.45, 2.75) is 12.8 Å². The molecule has 1 fully saturated rings. The van der Waals surface area contributed by atoms with Gasteiger partial charge in [0, 0.05) is 17.4 Å². The Morgan fingerprint density at radius 2 is 2.04 bits per heavy atom. The van der Waals surface area contributed by atoms with Crippen LogP contribution < -0.4 is 15.0 Å². The van der Waals surface area contributed by atoms with Gasteiger partial charge in [0.1, 0.15) is 5.75 Å². The van der Waals surface area contributed by atoms with Crippen molar-refractivity contribution in [3.05, 3.63) is 53.0 Å². The first-order valence-electron chi connectivity index (χ1n) is 7.71. The zero-order valence-electron chi connectivity index (χ0n) is 13.0. The van der Waals surface area contributed by atoms with E-state index in [0.717, 1.165) is 16.6 Å². The van der Waals surface area contributed by atoms with Crippen LogP contribution in [-0.2, 0) is 9.59 Å². The summed E-state index contributed by atoms with van der Waals surface area (Å²) < 4.78 is 6.37. The Morgan fingerprint density at radius 3 is 2.79 bits per heavy atom. The van der Waals surface area contributed by atoms with Crippen molar-refractivity contribution >= 4 is 39.1 Å². The maximum absolute atomic E-state index is 12.2. The molecule has 124 valence electrons. The fourth-order valence-corrected chi connectivity index (χ4v) is 2.99. The second-order valence-electron chi connectivity index (χ2n) is 5.46.